The number of aromatic nitrogens is 3. The summed E-state index contributed by atoms with van der Waals surface area (Å²) in [5.74, 6) is 0.639. The van der Waals surface area contributed by atoms with Crippen LogP contribution in [0.1, 0.15) is 26.6 Å². The summed E-state index contributed by atoms with van der Waals surface area (Å²) in [5, 5.41) is 4.11. The molecular formula is C9H18N4O2S. The van der Waals surface area contributed by atoms with Gasteiger partial charge in [0, 0.05) is 7.05 Å². The maximum atomic E-state index is 11.3. The molecule has 0 bridgehead atoms. The summed E-state index contributed by atoms with van der Waals surface area (Å²) in [5.41, 5.74) is -0.204. The summed E-state index contributed by atoms with van der Waals surface area (Å²) in [7, 11) is -1.66. The summed E-state index contributed by atoms with van der Waals surface area (Å²) >= 11 is 0. The van der Waals surface area contributed by atoms with Gasteiger partial charge in [-0.3, -0.25) is 0 Å². The fourth-order valence-corrected chi connectivity index (χ4v) is 1.60. The Morgan fingerprint density at radius 1 is 1.44 bits per heavy atom. The highest BCUT2D eigenvalue weighted by Gasteiger charge is 2.21. The lowest BCUT2D eigenvalue weighted by Gasteiger charge is -2.22. The zero-order chi connectivity index (χ0) is 12.6. The van der Waals surface area contributed by atoms with Gasteiger partial charge in [0.25, 0.3) is 0 Å². The second-order valence-electron chi connectivity index (χ2n) is 4.78. The van der Waals surface area contributed by atoms with Gasteiger partial charge in [-0.05, 0) is 20.8 Å². The van der Waals surface area contributed by atoms with Crippen molar-refractivity contribution in [3.8, 4) is 0 Å². The Morgan fingerprint density at radius 3 is 2.44 bits per heavy atom. The third-order valence-electron chi connectivity index (χ3n) is 2.18. The van der Waals surface area contributed by atoms with Gasteiger partial charge < -0.3 is 0 Å². The van der Waals surface area contributed by atoms with E-state index >= 15 is 0 Å². The van der Waals surface area contributed by atoms with Gasteiger partial charge in [0.2, 0.25) is 10.0 Å². The number of rotatable bonds is 3. The Balaban J connectivity index is 2.96. The normalized spacial score (nSPS) is 13.4. The Hall–Kier alpha value is -0.950. The van der Waals surface area contributed by atoms with Crippen LogP contribution in [0.25, 0.3) is 0 Å². The van der Waals surface area contributed by atoms with Gasteiger partial charge in [0.05, 0.1) is 18.3 Å². The zero-order valence-corrected chi connectivity index (χ0v) is 11.1. The fraction of sp³-hybridized carbons (Fsp3) is 0.778. The van der Waals surface area contributed by atoms with E-state index in [1.807, 2.05) is 20.8 Å². The minimum Gasteiger partial charge on any atom is -0.243 e. The molecule has 0 unspecified atom stereocenters. The van der Waals surface area contributed by atoms with Gasteiger partial charge >= 0.3 is 0 Å². The van der Waals surface area contributed by atoms with Crippen LogP contribution in [-0.4, -0.2) is 40.8 Å². The van der Waals surface area contributed by atoms with Crippen LogP contribution in [0.15, 0.2) is 6.33 Å². The van der Waals surface area contributed by atoms with E-state index < -0.39 is 10.0 Å². The van der Waals surface area contributed by atoms with Gasteiger partial charge in [-0.2, -0.15) is 9.40 Å². The average molecular weight is 246 g/mol. The van der Waals surface area contributed by atoms with Crippen LogP contribution >= 0.6 is 0 Å². The molecule has 1 aromatic heterocycles. The molecule has 1 aromatic rings. The first-order valence-electron chi connectivity index (χ1n) is 4.93. The Labute approximate surface area is 96.3 Å². The van der Waals surface area contributed by atoms with Gasteiger partial charge in [0.1, 0.15) is 12.2 Å². The first-order valence-corrected chi connectivity index (χ1v) is 6.78. The molecule has 92 valence electrons. The smallest absolute Gasteiger partial charge is 0.211 e. The van der Waals surface area contributed by atoms with Gasteiger partial charge in [-0.25, -0.2) is 18.1 Å². The third kappa shape index (κ3) is 3.02. The van der Waals surface area contributed by atoms with Crippen molar-refractivity contribution in [1.29, 1.82) is 0 Å². The zero-order valence-electron chi connectivity index (χ0n) is 10.3. The van der Waals surface area contributed by atoms with E-state index in [-0.39, 0.29) is 12.1 Å². The van der Waals surface area contributed by atoms with Crippen molar-refractivity contribution < 1.29 is 8.42 Å². The predicted molar refractivity (Wildman–Crippen MR) is 61.3 cm³/mol. The van der Waals surface area contributed by atoms with Crippen LogP contribution in [0, 0.1) is 0 Å². The van der Waals surface area contributed by atoms with Crippen LogP contribution in [0.3, 0.4) is 0 Å². The second kappa shape index (κ2) is 4.14. The molecule has 1 heterocycles. The van der Waals surface area contributed by atoms with Crippen molar-refractivity contribution in [3.05, 3.63) is 12.2 Å². The SMILES string of the molecule is CN(Cc1ncnn1C(C)(C)C)S(C)(=O)=O. The molecule has 0 aromatic carbocycles. The minimum atomic E-state index is -3.19. The molecule has 0 radical (unpaired) electrons. The Bertz CT molecular complexity index is 458. The topological polar surface area (TPSA) is 68.1 Å². The molecule has 0 spiro atoms. The first kappa shape index (κ1) is 13.1. The molecule has 0 aliphatic carbocycles. The summed E-state index contributed by atoms with van der Waals surface area (Å²) in [4.78, 5) is 4.08. The van der Waals surface area contributed by atoms with Gasteiger partial charge in [0.15, 0.2) is 0 Å². The molecule has 0 saturated carbocycles. The van der Waals surface area contributed by atoms with E-state index in [0.717, 1.165) is 0 Å². The largest absolute Gasteiger partial charge is 0.243 e. The summed E-state index contributed by atoms with van der Waals surface area (Å²) < 4.78 is 25.6. The number of sulfonamides is 1. The summed E-state index contributed by atoms with van der Waals surface area (Å²) in [6, 6.07) is 0. The van der Waals surface area contributed by atoms with Crippen LogP contribution in [0.2, 0.25) is 0 Å². The van der Waals surface area contributed by atoms with Crippen LogP contribution in [0.5, 0.6) is 0 Å². The lowest BCUT2D eigenvalue weighted by atomic mass is 10.1. The van der Waals surface area contributed by atoms with E-state index in [2.05, 4.69) is 10.1 Å². The third-order valence-corrected chi connectivity index (χ3v) is 3.45. The molecule has 16 heavy (non-hydrogen) atoms. The molecule has 0 aliphatic heterocycles. The molecule has 0 saturated heterocycles. The fourth-order valence-electron chi connectivity index (χ4n) is 1.25. The first-order chi connectivity index (χ1) is 7.12. The molecule has 7 heteroatoms. The van der Waals surface area contributed by atoms with E-state index in [4.69, 9.17) is 0 Å². The maximum absolute atomic E-state index is 11.3. The molecule has 1 rings (SSSR count). The molecule has 0 N–H and O–H groups in total. The van der Waals surface area contributed by atoms with Crippen molar-refractivity contribution in [2.24, 2.45) is 0 Å². The van der Waals surface area contributed by atoms with E-state index in [1.165, 1.54) is 23.9 Å². The molecule has 6 nitrogen and oxygen atoms in total. The monoisotopic (exact) mass is 246 g/mol. The van der Waals surface area contributed by atoms with Gasteiger partial charge in [-0.1, -0.05) is 0 Å². The lowest BCUT2D eigenvalue weighted by molar-refractivity contribution is 0.326. The van der Waals surface area contributed by atoms with E-state index in [9.17, 15) is 8.42 Å². The minimum absolute atomic E-state index is 0.204. The summed E-state index contributed by atoms with van der Waals surface area (Å²) in [6.07, 6.45) is 2.61. The van der Waals surface area contributed by atoms with E-state index in [1.54, 1.807) is 4.68 Å². The van der Waals surface area contributed by atoms with Crippen molar-refractivity contribution in [3.63, 3.8) is 0 Å². The van der Waals surface area contributed by atoms with Crippen LogP contribution in [-0.2, 0) is 22.1 Å². The Kier molecular flexibility index (Phi) is 3.39. The number of hydrogen-bond acceptors (Lipinski definition) is 4. The standard InChI is InChI=1S/C9H18N4O2S/c1-9(2,3)13-8(10-7-11-13)6-12(4)16(5,14)15/h7H,6H2,1-5H3. The number of hydrogen-bond donors (Lipinski definition) is 0. The highest BCUT2D eigenvalue weighted by Crippen LogP contribution is 2.15. The maximum Gasteiger partial charge on any atom is 0.211 e. The Morgan fingerprint density at radius 2 is 2.00 bits per heavy atom. The summed E-state index contributed by atoms with van der Waals surface area (Å²) in [6.45, 7) is 6.21. The molecule has 0 amide bonds. The quantitative estimate of drug-likeness (QED) is 0.775. The van der Waals surface area contributed by atoms with Gasteiger partial charge in [-0.15, -0.1) is 0 Å². The number of nitrogens with zero attached hydrogens (tertiary/aromatic N) is 4. The molecule has 0 fully saturated rings. The van der Waals surface area contributed by atoms with Crippen LogP contribution in [0.4, 0.5) is 0 Å². The molecule has 0 atom stereocenters. The van der Waals surface area contributed by atoms with Crippen molar-refractivity contribution in [2.75, 3.05) is 13.3 Å². The van der Waals surface area contributed by atoms with Crippen molar-refractivity contribution in [1.82, 2.24) is 19.1 Å². The van der Waals surface area contributed by atoms with E-state index in [0.29, 0.717) is 5.82 Å². The average Bonchev–Trinajstić information content (AvgIpc) is 2.49. The van der Waals surface area contributed by atoms with Crippen molar-refractivity contribution in [2.45, 2.75) is 32.9 Å². The second-order valence-corrected chi connectivity index (χ2v) is 6.87. The predicted octanol–water partition coefficient (Wildman–Crippen LogP) is 0.425. The highest BCUT2D eigenvalue weighted by atomic mass is 32.2. The van der Waals surface area contributed by atoms with Crippen molar-refractivity contribution >= 4 is 10.0 Å². The molecule has 0 aliphatic rings. The lowest BCUT2D eigenvalue weighted by Crippen LogP contribution is -2.31. The molecular weight excluding hydrogens is 228 g/mol. The highest BCUT2D eigenvalue weighted by molar-refractivity contribution is 7.88. The van der Waals surface area contributed by atoms with Crippen LogP contribution < -0.4 is 0 Å².